The van der Waals surface area contributed by atoms with Crippen molar-refractivity contribution in [3.8, 4) is 67.3 Å². The molecule has 3 heteroatoms. The van der Waals surface area contributed by atoms with Gasteiger partial charge in [0.25, 0.3) is 0 Å². The molecule has 0 radical (unpaired) electrons. The maximum absolute atomic E-state index is 6.52. The Morgan fingerprint density at radius 3 is 1.72 bits per heavy atom. The third kappa shape index (κ3) is 5.75. The van der Waals surface area contributed by atoms with Crippen molar-refractivity contribution in [1.82, 2.24) is 9.97 Å². The lowest BCUT2D eigenvalue weighted by molar-refractivity contribution is 0.670. The zero-order chi connectivity index (χ0) is 35.1. The van der Waals surface area contributed by atoms with Gasteiger partial charge in [0.15, 0.2) is 5.82 Å². The quantitative estimate of drug-likeness (QED) is 0.176. The first-order valence-electron chi connectivity index (χ1n) is 17.9. The number of benzene rings is 8. The van der Waals surface area contributed by atoms with Crippen molar-refractivity contribution in [2.45, 2.75) is 0 Å². The van der Waals surface area contributed by atoms with Crippen molar-refractivity contribution in [3.05, 3.63) is 194 Å². The van der Waals surface area contributed by atoms with E-state index in [0.29, 0.717) is 5.82 Å². The van der Waals surface area contributed by atoms with Crippen LogP contribution in [0.1, 0.15) is 0 Å². The minimum absolute atomic E-state index is 0.683. The van der Waals surface area contributed by atoms with E-state index in [1.807, 2.05) is 30.3 Å². The smallest absolute Gasteiger partial charge is 0.160 e. The van der Waals surface area contributed by atoms with Crippen LogP contribution < -0.4 is 0 Å². The summed E-state index contributed by atoms with van der Waals surface area (Å²) < 4.78 is 6.52. The normalized spacial score (nSPS) is 11.4. The number of para-hydroxylation sites is 2. The minimum Gasteiger partial charge on any atom is -0.455 e. The SMILES string of the molecule is c1ccc(-c2cc(-c3cc(-c4ccc(-c5ccc6ccccc6c5)cc4)nc(-c4ccccc4)n3)cc(-c3cccc4c3oc3ccccc34)c2)cc1. The predicted molar refractivity (Wildman–Crippen MR) is 219 cm³/mol. The molecule has 0 spiro atoms. The molecular formula is C50H32N2O. The highest BCUT2D eigenvalue weighted by molar-refractivity contribution is 6.09. The zero-order valence-electron chi connectivity index (χ0n) is 28.8. The highest BCUT2D eigenvalue weighted by atomic mass is 16.3. The number of hydrogen-bond acceptors (Lipinski definition) is 3. The Morgan fingerprint density at radius 1 is 0.321 bits per heavy atom. The van der Waals surface area contributed by atoms with Crippen molar-refractivity contribution >= 4 is 32.7 Å². The lowest BCUT2D eigenvalue weighted by atomic mass is 9.93. The zero-order valence-corrected chi connectivity index (χ0v) is 28.8. The van der Waals surface area contributed by atoms with Crippen LogP contribution in [0.25, 0.3) is 100.0 Å². The van der Waals surface area contributed by atoms with E-state index >= 15 is 0 Å². The largest absolute Gasteiger partial charge is 0.455 e. The fourth-order valence-electron chi connectivity index (χ4n) is 7.36. The molecule has 8 aromatic carbocycles. The van der Waals surface area contributed by atoms with E-state index in [1.54, 1.807) is 0 Å². The van der Waals surface area contributed by atoms with Gasteiger partial charge < -0.3 is 4.42 Å². The Balaban J connectivity index is 1.14. The summed E-state index contributed by atoms with van der Waals surface area (Å²) in [6.07, 6.45) is 0. The van der Waals surface area contributed by atoms with Crippen molar-refractivity contribution in [2.24, 2.45) is 0 Å². The molecule has 0 bridgehead atoms. The van der Waals surface area contributed by atoms with Crippen LogP contribution in [0, 0.1) is 0 Å². The van der Waals surface area contributed by atoms with Crippen LogP contribution in [-0.4, -0.2) is 9.97 Å². The number of hydrogen-bond donors (Lipinski definition) is 0. The topological polar surface area (TPSA) is 38.9 Å². The van der Waals surface area contributed by atoms with Crippen LogP contribution in [0.15, 0.2) is 199 Å². The first-order chi connectivity index (χ1) is 26.2. The van der Waals surface area contributed by atoms with Gasteiger partial charge in [0.1, 0.15) is 11.2 Å². The summed E-state index contributed by atoms with van der Waals surface area (Å²) >= 11 is 0. The number of fused-ring (bicyclic) bond motifs is 4. The molecule has 0 N–H and O–H groups in total. The van der Waals surface area contributed by atoms with Crippen molar-refractivity contribution in [1.29, 1.82) is 0 Å². The second kappa shape index (κ2) is 12.9. The van der Waals surface area contributed by atoms with Crippen molar-refractivity contribution < 1.29 is 4.42 Å². The fourth-order valence-corrected chi connectivity index (χ4v) is 7.36. The summed E-state index contributed by atoms with van der Waals surface area (Å²) in [5.74, 6) is 0.683. The monoisotopic (exact) mass is 676 g/mol. The predicted octanol–water partition coefficient (Wildman–Crippen LogP) is 13.5. The van der Waals surface area contributed by atoms with Gasteiger partial charge in [-0.25, -0.2) is 9.97 Å². The lowest BCUT2D eigenvalue weighted by Gasteiger charge is -2.13. The van der Waals surface area contributed by atoms with Gasteiger partial charge in [-0.15, -0.1) is 0 Å². The summed E-state index contributed by atoms with van der Waals surface area (Å²) in [5.41, 5.74) is 13.2. The lowest BCUT2D eigenvalue weighted by Crippen LogP contribution is -1.96. The average Bonchev–Trinajstić information content (AvgIpc) is 3.63. The first kappa shape index (κ1) is 30.7. The Labute approximate surface area is 307 Å². The van der Waals surface area contributed by atoms with Crippen LogP contribution >= 0.6 is 0 Å². The van der Waals surface area contributed by atoms with Crippen LogP contribution in [0.2, 0.25) is 0 Å². The van der Waals surface area contributed by atoms with Gasteiger partial charge in [0.05, 0.1) is 11.4 Å². The van der Waals surface area contributed by atoms with E-state index < -0.39 is 0 Å². The van der Waals surface area contributed by atoms with Crippen LogP contribution in [-0.2, 0) is 0 Å². The summed E-state index contributed by atoms with van der Waals surface area (Å²) in [4.78, 5) is 10.4. The third-order valence-electron chi connectivity index (χ3n) is 10.1. The molecular weight excluding hydrogens is 645 g/mol. The Bertz CT molecular complexity index is 2930. The molecule has 0 saturated carbocycles. The fraction of sp³-hybridized carbons (Fsp3) is 0. The maximum Gasteiger partial charge on any atom is 0.160 e. The molecule has 2 aromatic heterocycles. The van der Waals surface area contributed by atoms with Gasteiger partial charge in [-0.3, -0.25) is 0 Å². The summed E-state index contributed by atoms with van der Waals surface area (Å²) in [7, 11) is 0. The number of aromatic nitrogens is 2. The molecule has 0 saturated heterocycles. The molecule has 0 aliphatic carbocycles. The Morgan fingerprint density at radius 2 is 0.906 bits per heavy atom. The molecule has 2 heterocycles. The van der Waals surface area contributed by atoms with Crippen LogP contribution in [0.4, 0.5) is 0 Å². The number of nitrogens with zero attached hydrogens (tertiary/aromatic N) is 2. The molecule has 10 rings (SSSR count). The van der Waals surface area contributed by atoms with E-state index in [1.165, 1.54) is 16.3 Å². The molecule has 0 fully saturated rings. The molecule has 0 amide bonds. The van der Waals surface area contributed by atoms with Gasteiger partial charge in [0.2, 0.25) is 0 Å². The van der Waals surface area contributed by atoms with Gasteiger partial charge in [0, 0.05) is 33.0 Å². The second-order valence-corrected chi connectivity index (χ2v) is 13.4. The Kier molecular flexibility index (Phi) is 7.47. The number of rotatable bonds is 6. The molecule has 3 nitrogen and oxygen atoms in total. The third-order valence-corrected chi connectivity index (χ3v) is 10.1. The average molecular weight is 677 g/mol. The standard InChI is InChI=1S/C50H32N2O/c1-3-12-33(13-4-1)40-29-41(43-19-11-20-45-44-18-9-10-21-48(44)53-49(43)45)31-42(30-40)47-32-46(51-50(52-47)37-15-5-2-6-16-37)36-25-22-35(23-26-36)39-27-24-34-14-7-8-17-38(34)28-39/h1-32H. The highest BCUT2D eigenvalue weighted by Crippen LogP contribution is 2.40. The van der Waals surface area contributed by atoms with Crippen LogP contribution in [0.3, 0.4) is 0 Å². The summed E-state index contributed by atoms with van der Waals surface area (Å²) in [5, 5.41) is 4.69. The van der Waals surface area contributed by atoms with Crippen molar-refractivity contribution in [3.63, 3.8) is 0 Å². The van der Waals surface area contributed by atoms with Gasteiger partial charge in [-0.1, -0.05) is 158 Å². The molecule has 10 aromatic rings. The highest BCUT2D eigenvalue weighted by Gasteiger charge is 2.17. The van der Waals surface area contributed by atoms with Crippen LogP contribution in [0.5, 0.6) is 0 Å². The van der Waals surface area contributed by atoms with Gasteiger partial charge >= 0.3 is 0 Å². The molecule has 0 aliphatic rings. The minimum atomic E-state index is 0.683. The van der Waals surface area contributed by atoms with E-state index in [9.17, 15) is 0 Å². The summed E-state index contributed by atoms with van der Waals surface area (Å²) in [6, 6.07) is 68.1. The molecule has 0 aliphatic heterocycles. The van der Waals surface area contributed by atoms with E-state index in [-0.39, 0.29) is 0 Å². The molecule has 53 heavy (non-hydrogen) atoms. The van der Waals surface area contributed by atoms with Gasteiger partial charge in [-0.2, -0.15) is 0 Å². The van der Waals surface area contributed by atoms with E-state index in [2.05, 4.69) is 164 Å². The first-order valence-corrected chi connectivity index (χ1v) is 17.9. The second-order valence-electron chi connectivity index (χ2n) is 13.4. The summed E-state index contributed by atoms with van der Waals surface area (Å²) in [6.45, 7) is 0. The van der Waals surface area contributed by atoms with Gasteiger partial charge in [-0.05, 0) is 75.0 Å². The number of furan rings is 1. The Hall–Kier alpha value is -7.10. The maximum atomic E-state index is 6.52. The van der Waals surface area contributed by atoms with Crippen molar-refractivity contribution in [2.75, 3.05) is 0 Å². The molecule has 248 valence electrons. The molecule has 0 atom stereocenters. The van der Waals surface area contributed by atoms with E-state index in [0.717, 1.165) is 77.8 Å². The molecule has 0 unspecified atom stereocenters. The van der Waals surface area contributed by atoms with E-state index in [4.69, 9.17) is 14.4 Å².